The summed E-state index contributed by atoms with van der Waals surface area (Å²) in [6.45, 7) is 0. The van der Waals surface area contributed by atoms with E-state index in [0.717, 1.165) is 6.20 Å². The number of halogens is 1. The first-order valence-electron chi connectivity index (χ1n) is 3.23. The summed E-state index contributed by atoms with van der Waals surface area (Å²) >= 11 is 0. The Bertz CT molecular complexity index is 387. The lowest BCUT2D eigenvalue weighted by atomic mass is 10.3. The first-order valence-corrected chi connectivity index (χ1v) is 3.23. The van der Waals surface area contributed by atoms with E-state index in [9.17, 15) is 4.39 Å². The Morgan fingerprint density at radius 3 is 2.64 bits per heavy atom. The van der Waals surface area contributed by atoms with E-state index in [1.807, 2.05) is 6.07 Å². The predicted molar refractivity (Wildman–Crippen MR) is 39.5 cm³/mol. The highest BCUT2D eigenvalue weighted by Gasteiger charge is 1.95. The molecule has 0 saturated heterocycles. The van der Waals surface area contributed by atoms with Gasteiger partial charge in [-0.05, 0) is 12.1 Å². The molecule has 0 spiro atoms. The fourth-order valence-corrected chi connectivity index (χ4v) is 0.935. The number of fused-ring (bicyclic) bond motifs is 1. The van der Waals surface area contributed by atoms with Crippen LogP contribution in [0.5, 0.6) is 0 Å². The number of benzene rings is 1. The molecule has 3 heteroatoms. The van der Waals surface area contributed by atoms with Crippen LogP contribution in [-0.2, 0) is 0 Å². The van der Waals surface area contributed by atoms with Gasteiger partial charge < -0.3 is 0 Å². The molecule has 0 atom stereocenters. The molecule has 0 fully saturated rings. The number of hydrogen-bond donors (Lipinski definition) is 0. The van der Waals surface area contributed by atoms with Crippen LogP contribution in [0.3, 0.4) is 0 Å². The molecule has 2 nitrogen and oxygen atoms in total. The lowest BCUT2D eigenvalue weighted by molar-refractivity contribution is 0.583. The second kappa shape index (κ2) is 2.27. The van der Waals surface area contributed by atoms with E-state index in [0.29, 0.717) is 11.0 Å². The summed E-state index contributed by atoms with van der Waals surface area (Å²) in [4.78, 5) is 7.49. The van der Waals surface area contributed by atoms with Gasteiger partial charge in [0.15, 0.2) is 0 Å². The normalized spacial score (nSPS) is 10.3. The number of para-hydroxylation sites is 2. The molecule has 11 heavy (non-hydrogen) atoms. The molecular formula is C8H5FN2. The summed E-state index contributed by atoms with van der Waals surface area (Å²) in [7, 11) is 0. The van der Waals surface area contributed by atoms with E-state index < -0.39 is 5.95 Å². The van der Waals surface area contributed by atoms with Crippen LogP contribution in [0.4, 0.5) is 4.39 Å². The zero-order valence-electron chi connectivity index (χ0n) is 5.66. The monoisotopic (exact) mass is 148 g/mol. The SMILES string of the molecule is Fc1cnc2ccccc2n1. The second-order valence-corrected chi connectivity index (χ2v) is 2.18. The zero-order chi connectivity index (χ0) is 7.68. The first-order chi connectivity index (χ1) is 5.36. The highest BCUT2D eigenvalue weighted by atomic mass is 19.1. The Kier molecular flexibility index (Phi) is 1.28. The van der Waals surface area contributed by atoms with Gasteiger partial charge in [0.1, 0.15) is 0 Å². The molecule has 1 aromatic carbocycles. The molecule has 0 bridgehead atoms. The van der Waals surface area contributed by atoms with Crippen molar-refractivity contribution < 1.29 is 4.39 Å². The van der Waals surface area contributed by atoms with Crippen LogP contribution in [0.1, 0.15) is 0 Å². The summed E-state index contributed by atoms with van der Waals surface area (Å²) in [5.74, 6) is -0.538. The summed E-state index contributed by atoms with van der Waals surface area (Å²) in [6.07, 6.45) is 1.11. The molecular weight excluding hydrogens is 143 g/mol. The van der Waals surface area contributed by atoms with Gasteiger partial charge in [-0.25, -0.2) is 9.97 Å². The predicted octanol–water partition coefficient (Wildman–Crippen LogP) is 1.77. The number of aromatic nitrogens is 2. The van der Waals surface area contributed by atoms with Gasteiger partial charge in [0.25, 0.3) is 0 Å². The molecule has 0 aliphatic heterocycles. The Morgan fingerprint density at radius 2 is 1.82 bits per heavy atom. The van der Waals surface area contributed by atoms with Crippen LogP contribution >= 0.6 is 0 Å². The van der Waals surface area contributed by atoms with Crippen LogP contribution < -0.4 is 0 Å². The number of nitrogens with zero attached hydrogens (tertiary/aromatic N) is 2. The molecule has 0 radical (unpaired) electrons. The standard InChI is InChI=1S/C8H5FN2/c9-8-5-10-6-3-1-2-4-7(6)11-8/h1-5H. The van der Waals surface area contributed by atoms with Crippen molar-refractivity contribution in [3.8, 4) is 0 Å². The Hall–Kier alpha value is -1.51. The molecule has 2 aromatic rings. The molecule has 0 unspecified atom stereocenters. The highest BCUT2D eigenvalue weighted by molar-refractivity contribution is 5.73. The molecule has 0 N–H and O–H groups in total. The minimum absolute atomic E-state index is 0.538. The van der Waals surface area contributed by atoms with E-state index in [4.69, 9.17) is 0 Å². The lowest BCUT2D eigenvalue weighted by Crippen LogP contribution is -1.86. The fourth-order valence-electron chi connectivity index (χ4n) is 0.935. The van der Waals surface area contributed by atoms with Crippen molar-refractivity contribution in [3.63, 3.8) is 0 Å². The summed E-state index contributed by atoms with van der Waals surface area (Å²) in [5.41, 5.74) is 1.31. The molecule has 2 rings (SSSR count). The zero-order valence-corrected chi connectivity index (χ0v) is 5.66. The van der Waals surface area contributed by atoms with Gasteiger partial charge in [-0.15, -0.1) is 0 Å². The summed E-state index contributed by atoms with van der Waals surface area (Å²) < 4.78 is 12.5. The van der Waals surface area contributed by atoms with Crippen molar-refractivity contribution in [2.45, 2.75) is 0 Å². The average molecular weight is 148 g/mol. The minimum atomic E-state index is -0.538. The molecule has 0 amide bonds. The minimum Gasteiger partial charge on any atom is -0.250 e. The lowest BCUT2D eigenvalue weighted by Gasteiger charge is -1.92. The largest absolute Gasteiger partial charge is 0.250 e. The summed E-state index contributed by atoms with van der Waals surface area (Å²) in [5, 5.41) is 0. The van der Waals surface area contributed by atoms with Crippen LogP contribution in [0.25, 0.3) is 11.0 Å². The maximum atomic E-state index is 12.5. The van der Waals surface area contributed by atoms with E-state index in [1.54, 1.807) is 18.2 Å². The Morgan fingerprint density at radius 1 is 1.09 bits per heavy atom. The van der Waals surface area contributed by atoms with Crippen molar-refractivity contribution in [3.05, 3.63) is 36.4 Å². The third kappa shape index (κ3) is 1.05. The molecule has 1 aromatic heterocycles. The molecule has 54 valence electrons. The third-order valence-corrected chi connectivity index (χ3v) is 1.42. The van der Waals surface area contributed by atoms with E-state index in [1.165, 1.54) is 0 Å². The van der Waals surface area contributed by atoms with Gasteiger partial charge >= 0.3 is 0 Å². The van der Waals surface area contributed by atoms with E-state index in [2.05, 4.69) is 9.97 Å². The van der Waals surface area contributed by atoms with Crippen molar-refractivity contribution in [1.82, 2.24) is 9.97 Å². The molecule has 0 aliphatic carbocycles. The highest BCUT2D eigenvalue weighted by Crippen LogP contribution is 2.06. The topological polar surface area (TPSA) is 25.8 Å². The second-order valence-electron chi connectivity index (χ2n) is 2.18. The van der Waals surface area contributed by atoms with Crippen molar-refractivity contribution >= 4 is 11.0 Å². The first kappa shape index (κ1) is 6.22. The van der Waals surface area contributed by atoms with E-state index >= 15 is 0 Å². The van der Waals surface area contributed by atoms with Gasteiger partial charge in [0, 0.05) is 0 Å². The maximum Gasteiger partial charge on any atom is 0.231 e. The molecule has 1 heterocycles. The van der Waals surface area contributed by atoms with Gasteiger partial charge in [-0.3, -0.25) is 0 Å². The number of rotatable bonds is 0. The smallest absolute Gasteiger partial charge is 0.231 e. The van der Waals surface area contributed by atoms with Crippen LogP contribution in [0, 0.1) is 5.95 Å². The van der Waals surface area contributed by atoms with Crippen LogP contribution in [0.15, 0.2) is 30.5 Å². The van der Waals surface area contributed by atoms with Crippen LogP contribution in [-0.4, -0.2) is 9.97 Å². The summed E-state index contributed by atoms with van der Waals surface area (Å²) in [6, 6.07) is 7.17. The average Bonchev–Trinajstić information content (AvgIpc) is 2.04. The van der Waals surface area contributed by atoms with Crippen molar-refractivity contribution in [2.75, 3.05) is 0 Å². The van der Waals surface area contributed by atoms with Crippen LogP contribution in [0.2, 0.25) is 0 Å². The Balaban J connectivity index is 2.83. The molecule has 0 aliphatic rings. The maximum absolute atomic E-state index is 12.5. The quantitative estimate of drug-likeness (QED) is 0.569. The van der Waals surface area contributed by atoms with Gasteiger partial charge in [-0.1, -0.05) is 12.1 Å². The fraction of sp³-hybridized carbons (Fsp3) is 0. The number of hydrogen-bond acceptors (Lipinski definition) is 2. The van der Waals surface area contributed by atoms with Gasteiger partial charge in [0.2, 0.25) is 5.95 Å². The van der Waals surface area contributed by atoms with Crippen molar-refractivity contribution in [2.24, 2.45) is 0 Å². The van der Waals surface area contributed by atoms with Gasteiger partial charge in [0.05, 0.1) is 17.2 Å². The Labute approximate surface area is 62.7 Å². The van der Waals surface area contributed by atoms with Crippen molar-refractivity contribution in [1.29, 1.82) is 0 Å². The molecule has 0 saturated carbocycles. The third-order valence-electron chi connectivity index (χ3n) is 1.42. The van der Waals surface area contributed by atoms with Gasteiger partial charge in [-0.2, -0.15) is 4.39 Å². The van der Waals surface area contributed by atoms with E-state index in [-0.39, 0.29) is 0 Å².